The molecule has 68 valence electrons. The minimum atomic E-state index is 0.873. The van der Waals surface area contributed by atoms with Gasteiger partial charge in [0.05, 0.1) is 0 Å². The molecule has 1 aromatic carbocycles. The van der Waals surface area contributed by atoms with E-state index in [1.807, 2.05) is 23.6 Å². The lowest BCUT2D eigenvalue weighted by molar-refractivity contribution is 0.959. The summed E-state index contributed by atoms with van der Waals surface area (Å²) in [5, 5.41) is 13.7. The van der Waals surface area contributed by atoms with E-state index in [1.165, 1.54) is 0 Å². The molecule has 0 fully saturated rings. The molecule has 4 nitrogen and oxygen atoms in total. The third-order valence-corrected chi connectivity index (χ3v) is 2.82. The third-order valence-electron chi connectivity index (χ3n) is 2.01. The lowest BCUT2D eigenvalue weighted by atomic mass is 10.2. The zero-order valence-corrected chi connectivity index (χ0v) is 7.95. The monoisotopic (exact) mass is 202 g/mol. The number of thiazole rings is 1. The molecular formula is C9H6N4S. The summed E-state index contributed by atoms with van der Waals surface area (Å²) in [7, 11) is 0. The Hall–Kier alpha value is -1.75. The SMILES string of the molecule is c1cc(-c2nccs2)c2n[nH]nc2c1. The van der Waals surface area contributed by atoms with Crippen LogP contribution in [0.4, 0.5) is 0 Å². The summed E-state index contributed by atoms with van der Waals surface area (Å²) in [4.78, 5) is 4.25. The Balaban J connectivity index is 2.36. The highest BCUT2D eigenvalue weighted by Crippen LogP contribution is 2.27. The van der Waals surface area contributed by atoms with Gasteiger partial charge in [0.2, 0.25) is 0 Å². The second-order valence-electron chi connectivity index (χ2n) is 2.83. The van der Waals surface area contributed by atoms with Crippen molar-refractivity contribution in [1.29, 1.82) is 0 Å². The van der Waals surface area contributed by atoms with Gasteiger partial charge in [0.1, 0.15) is 16.0 Å². The number of rotatable bonds is 1. The van der Waals surface area contributed by atoms with Crippen LogP contribution in [0.1, 0.15) is 0 Å². The van der Waals surface area contributed by atoms with Crippen molar-refractivity contribution in [3.05, 3.63) is 29.8 Å². The molecule has 2 aromatic heterocycles. The van der Waals surface area contributed by atoms with Crippen LogP contribution < -0.4 is 0 Å². The molecule has 0 atom stereocenters. The van der Waals surface area contributed by atoms with Crippen molar-refractivity contribution in [1.82, 2.24) is 20.4 Å². The van der Waals surface area contributed by atoms with Gasteiger partial charge in [0.15, 0.2) is 0 Å². The summed E-state index contributed by atoms with van der Waals surface area (Å²) >= 11 is 1.60. The molecular weight excluding hydrogens is 196 g/mol. The molecule has 3 rings (SSSR count). The van der Waals surface area contributed by atoms with Crippen LogP contribution >= 0.6 is 11.3 Å². The number of hydrogen-bond donors (Lipinski definition) is 1. The average Bonchev–Trinajstić information content (AvgIpc) is 2.88. The molecule has 0 radical (unpaired) electrons. The summed E-state index contributed by atoms with van der Waals surface area (Å²) < 4.78 is 0. The van der Waals surface area contributed by atoms with Gasteiger partial charge in [-0.3, -0.25) is 0 Å². The van der Waals surface area contributed by atoms with E-state index in [-0.39, 0.29) is 0 Å². The Bertz CT molecular complexity index is 555. The highest BCUT2D eigenvalue weighted by Gasteiger charge is 2.07. The van der Waals surface area contributed by atoms with Gasteiger partial charge in [-0.05, 0) is 12.1 Å². The van der Waals surface area contributed by atoms with Crippen LogP contribution in [0, 0.1) is 0 Å². The van der Waals surface area contributed by atoms with E-state index >= 15 is 0 Å². The predicted molar refractivity (Wildman–Crippen MR) is 55.0 cm³/mol. The second kappa shape index (κ2) is 2.88. The summed E-state index contributed by atoms with van der Waals surface area (Å²) in [5.74, 6) is 0. The Kier molecular flexibility index (Phi) is 1.57. The Morgan fingerprint density at radius 3 is 3.07 bits per heavy atom. The summed E-state index contributed by atoms with van der Waals surface area (Å²) in [6.07, 6.45) is 1.79. The van der Waals surface area contributed by atoms with Crippen LogP contribution in [0.2, 0.25) is 0 Å². The van der Waals surface area contributed by atoms with Crippen LogP contribution in [0.25, 0.3) is 21.6 Å². The first-order valence-electron chi connectivity index (χ1n) is 4.14. The Morgan fingerprint density at radius 1 is 1.21 bits per heavy atom. The molecule has 0 aliphatic heterocycles. The molecule has 0 aliphatic rings. The zero-order valence-electron chi connectivity index (χ0n) is 7.14. The second-order valence-corrected chi connectivity index (χ2v) is 3.73. The van der Waals surface area contributed by atoms with Crippen molar-refractivity contribution in [2.45, 2.75) is 0 Å². The number of aromatic nitrogens is 4. The molecule has 0 saturated heterocycles. The molecule has 0 saturated carbocycles. The van der Waals surface area contributed by atoms with Crippen molar-refractivity contribution < 1.29 is 0 Å². The molecule has 0 unspecified atom stereocenters. The molecule has 0 aliphatic carbocycles. The molecule has 1 N–H and O–H groups in total. The van der Waals surface area contributed by atoms with Gasteiger partial charge in [0.25, 0.3) is 0 Å². The van der Waals surface area contributed by atoms with Crippen molar-refractivity contribution in [3.63, 3.8) is 0 Å². The maximum absolute atomic E-state index is 4.25. The van der Waals surface area contributed by atoms with Gasteiger partial charge >= 0.3 is 0 Å². The van der Waals surface area contributed by atoms with E-state index in [1.54, 1.807) is 17.5 Å². The number of benzene rings is 1. The van der Waals surface area contributed by atoms with Crippen LogP contribution in [-0.2, 0) is 0 Å². The van der Waals surface area contributed by atoms with Gasteiger partial charge in [-0.1, -0.05) is 6.07 Å². The number of hydrogen-bond acceptors (Lipinski definition) is 4. The smallest absolute Gasteiger partial charge is 0.125 e. The average molecular weight is 202 g/mol. The zero-order chi connectivity index (χ0) is 9.38. The van der Waals surface area contributed by atoms with Crippen LogP contribution in [0.3, 0.4) is 0 Å². The van der Waals surface area contributed by atoms with Crippen LogP contribution in [-0.4, -0.2) is 20.4 Å². The van der Waals surface area contributed by atoms with Crippen molar-refractivity contribution in [2.75, 3.05) is 0 Å². The fourth-order valence-corrected chi connectivity index (χ4v) is 2.06. The predicted octanol–water partition coefficient (Wildman–Crippen LogP) is 2.08. The highest BCUT2D eigenvalue weighted by atomic mass is 32.1. The van der Waals surface area contributed by atoms with Crippen molar-refractivity contribution in [3.8, 4) is 10.6 Å². The van der Waals surface area contributed by atoms with E-state index in [0.29, 0.717) is 0 Å². The summed E-state index contributed by atoms with van der Waals surface area (Å²) in [6, 6.07) is 5.89. The standard InChI is InChI=1S/C9H6N4S/c1-2-6(9-10-4-5-14-9)8-7(3-1)11-13-12-8/h1-5H,(H,11,12,13). The van der Waals surface area contributed by atoms with E-state index < -0.39 is 0 Å². The van der Waals surface area contributed by atoms with Gasteiger partial charge in [0, 0.05) is 17.1 Å². The first-order valence-corrected chi connectivity index (χ1v) is 5.02. The number of nitrogens with zero attached hydrogens (tertiary/aromatic N) is 3. The molecule has 5 heteroatoms. The molecule has 0 bridgehead atoms. The quantitative estimate of drug-likeness (QED) is 0.657. The highest BCUT2D eigenvalue weighted by molar-refractivity contribution is 7.13. The maximum atomic E-state index is 4.25. The van der Waals surface area contributed by atoms with Crippen LogP contribution in [0.5, 0.6) is 0 Å². The van der Waals surface area contributed by atoms with E-state index in [0.717, 1.165) is 21.6 Å². The topological polar surface area (TPSA) is 54.5 Å². The minimum absolute atomic E-state index is 0.873. The first kappa shape index (κ1) is 7.64. The number of aromatic amines is 1. The lowest BCUT2D eigenvalue weighted by Gasteiger charge is -1.94. The number of fused-ring (bicyclic) bond motifs is 1. The van der Waals surface area contributed by atoms with Gasteiger partial charge < -0.3 is 0 Å². The Labute approximate surface area is 83.6 Å². The molecule has 2 heterocycles. The lowest BCUT2D eigenvalue weighted by Crippen LogP contribution is -1.78. The van der Waals surface area contributed by atoms with Crippen LogP contribution in [0.15, 0.2) is 29.8 Å². The fraction of sp³-hybridized carbons (Fsp3) is 0. The number of H-pyrrole nitrogens is 1. The van der Waals surface area contributed by atoms with Gasteiger partial charge in [-0.2, -0.15) is 15.4 Å². The van der Waals surface area contributed by atoms with Crippen molar-refractivity contribution in [2.24, 2.45) is 0 Å². The van der Waals surface area contributed by atoms with Crippen molar-refractivity contribution >= 4 is 22.4 Å². The van der Waals surface area contributed by atoms with E-state index in [4.69, 9.17) is 0 Å². The maximum Gasteiger partial charge on any atom is 0.125 e. The van der Waals surface area contributed by atoms with E-state index in [9.17, 15) is 0 Å². The van der Waals surface area contributed by atoms with E-state index in [2.05, 4.69) is 20.4 Å². The summed E-state index contributed by atoms with van der Waals surface area (Å²) in [6.45, 7) is 0. The molecule has 0 spiro atoms. The van der Waals surface area contributed by atoms with Gasteiger partial charge in [-0.15, -0.1) is 11.3 Å². The van der Waals surface area contributed by atoms with Gasteiger partial charge in [-0.25, -0.2) is 4.98 Å². The fourth-order valence-electron chi connectivity index (χ4n) is 1.40. The normalized spacial score (nSPS) is 10.9. The Morgan fingerprint density at radius 2 is 2.21 bits per heavy atom. The largest absolute Gasteiger partial charge is 0.244 e. The molecule has 0 amide bonds. The molecule has 3 aromatic rings. The molecule has 14 heavy (non-hydrogen) atoms. The summed E-state index contributed by atoms with van der Waals surface area (Å²) in [5.41, 5.74) is 2.78. The number of nitrogens with one attached hydrogen (secondary N) is 1. The number of para-hydroxylation sites is 1. The third kappa shape index (κ3) is 1.03. The first-order chi connectivity index (χ1) is 6.95. The minimum Gasteiger partial charge on any atom is -0.244 e.